The van der Waals surface area contributed by atoms with E-state index in [4.69, 9.17) is 9.47 Å². The summed E-state index contributed by atoms with van der Waals surface area (Å²) in [4.78, 5) is 9.80. The van der Waals surface area contributed by atoms with Crippen molar-refractivity contribution in [2.45, 2.75) is 43.1 Å². The number of nitrogens with one attached hydrogen (secondary N) is 1. The molecule has 0 radical (unpaired) electrons. The van der Waals surface area contributed by atoms with E-state index in [1.165, 1.54) is 26.4 Å². The molecule has 10 heteroatoms. The molecule has 0 aromatic heterocycles. The molecule has 0 saturated heterocycles. The van der Waals surface area contributed by atoms with Crippen molar-refractivity contribution in [3.05, 3.63) is 34.4 Å². The number of ether oxygens (including phenoxy) is 2. The van der Waals surface area contributed by atoms with Crippen LogP contribution in [0.1, 0.15) is 19.8 Å². The molecule has 0 unspecified atom stereocenters. The lowest BCUT2D eigenvalue weighted by molar-refractivity contribution is -0.387. The summed E-state index contributed by atoms with van der Waals surface area (Å²) in [7, 11) is -1.58. The highest BCUT2D eigenvalue weighted by atomic mass is 32.2. The Morgan fingerprint density at radius 2 is 1.88 bits per heavy atom. The molecule has 0 aliphatic rings. The highest BCUT2D eigenvalue weighted by Gasteiger charge is 2.33. The van der Waals surface area contributed by atoms with Gasteiger partial charge in [0.25, 0.3) is 5.69 Å². The molecule has 0 aliphatic carbocycles. The fraction of sp³-hybridized carbons (Fsp3) is 0.571. The molecule has 9 nitrogen and oxygen atoms in total. The molecule has 0 saturated carbocycles. The highest BCUT2D eigenvalue weighted by Crippen LogP contribution is 2.24. The Labute approximate surface area is 140 Å². The Balaban J connectivity index is 3.15. The van der Waals surface area contributed by atoms with Crippen LogP contribution < -0.4 is 4.72 Å². The maximum atomic E-state index is 12.5. The van der Waals surface area contributed by atoms with Gasteiger partial charge < -0.3 is 14.6 Å². The summed E-state index contributed by atoms with van der Waals surface area (Å²) in [5.74, 6) is 0. The van der Waals surface area contributed by atoms with Crippen LogP contribution in [-0.2, 0) is 19.5 Å². The number of para-hydroxylation sites is 1. The average molecular weight is 362 g/mol. The van der Waals surface area contributed by atoms with E-state index in [-0.39, 0.29) is 0 Å². The van der Waals surface area contributed by atoms with Crippen molar-refractivity contribution in [3.63, 3.8) is 0 Å². The van der Waals surface area contributed by atoms with Crippen molar-refractivity contribution in [2.24, 2.45) is 0 Å². The van der Waals surface area contributed by atoms with Gasteiger partial charge in [-0.2, -0.15) is 0 Å². The molecular formula is C14H22N2O7S. The number of aliphatic hydroxyl groups is 1. The molecule has 0 amide bonds. The first kappa shape index (κ1) is 20.5. The van der Waals surface area contributed by atoms with Crippen LogP contribution >= 0.6 is 0 Å². The first-order valence-corrected chi connectivity index (χ1v) is 8.76. The van der Waals surface area contributed by atoms with Crippen LogP contribution in [0.25, 0.3) is 0 Å². The lowest BCUT2D eigenvalue weighted by Gasteiger charge is -2.28. The van der Waals surface area contributed by atoms with Crippen molar-refractivity contribution >= 4 is 15.7 Å². The monoisotopic (exact) mass is 362 g/mol. The summed E-state index contributed by atoms with van der Waals surface area (Å²) in [5, 5.41) is 21.3. The highest BCUT2D eigenvalue weighted by molar-refractivity contribution is 7.89. The van der Waals surface area contributed by atoms with Crippen LogP contribution in [0, 0.1) is 10.1 Å². The molecular weight excluding hydrogens is 340 g/mol. The Bertz CT molecular complexity index is 646. The summed E-state index contributed by atoms with van der Waals surface area (Å²) >= 11 is 0. The van der Waals surface area contributed by atoms with Gasteiger partial charge in [-0.3, -0.25) is 10.1 Å². The summed E-state index contributed by atoms with van der Waals surface area (Å²) in [6, 6.07) is 4.08. The molecule has 0 heterocycles. The molecule has 24 heavy (non-hydrogen) atoms. The van der Waals surface area contributed by atoms with E-state index in [0.29, 0.717) is 12.8 Å². The van der Waals surface area contributed by atoms with E-state index in [0.717, 1.165) is 12.1 Å². The molecule has 0 bridgehead atoms. The molecule has 0 fully saturated rings. The number of benzene rings is 1. The van der Waals surface area contributed by atoms with Crippen molar-refractivity contribution in [2.75, 3.05) is 14.2 Å². The van der Waals surface area contributed by atoms with Gasteiger partial charge in [-0.25, -0.2) is 13.1 Å². The molecule has 2 atom stereocenters. The zero-order chi connectivity index (χ0) is 18.3. The summed E-state index contributed by atoms with van der Waals surface area (Å²) < 4.78 is 37.3. The number of rotatable bonds is 10. The van der Waals surface area contributed by atoms with Crippen molar-refractivity contribution in [3.8, 4) is 0 Å². The first-order chi connectivity index (χ1) is 11.3. The van der Waals surface area contributed by atoms with Gasteiger partial charge in [0.15, 0.2) is 11.2 Å². The second-order valence-corrected chi connectivity index (χ2v) is 6.75. The number of nitro benzene ring substituents is 1. The minimum atomic E-state index is -4.22. The molecule has 136 valence electrons. The average Bonchev–Trinajstić information content (AvgIpc) is 2.55. The van der Waals surface area contributed by atoms with Crippen LogP contribution in [0.4, 0.5) is 5.69 Å². The standard InChI is InChI=1S/C14H22N2O7S/c1-4-7-10(13(17)14(22-2)23-3)15-24(20,21)12-9-6-5-8-11(12)16(18)19/h5-6,8-10,13-15,17H,4,7H2,1-3H3/t10-,13+/m1/s1. The van der Waals surface area contributed by atoms with Gasteiger partial charge in [0.05, 0.1) is 11.0 Å². The van der Waals surface area contributed by atoms with Crippen LogP contribution in [0.15, 0.2) is 29.2 Å². The Hall–Kier alpha value is -1.59. The van der Waals surface area contributed by atoms with Gasteiger partial charge in [-0.05, 0) is 12.5 Å². The topological polar surface area (TPSA) is 128 Å². The lowest BCUT2D eigenvalue weighted by Crippen LogP contribution is -2.49. The molecule has 1 rings (SSSR count). The van der Waals surface area contributed by atoms with Gasteiger partial charge in [0.2, 0.25) is 10.0 Å². The maximum Gasteiger partial charge on any atom is 0.289 e. The SMILES string of the molecule is CCC[C@@H](NS(=O)(=O)c1ccccc1[N+](=O)[O-])[C@H](O)C(OC)OC. The van der Waals surface area contributed by atoms with Crippen molar-refractivity contribution in [1.29, 1.82) is 0 Å². The normalized spacial score (nSPS) is 14.5. The smallest absolute Gasteiger partial charge is 0.289 e. The molecule has 0 spiro atoms. The predicted molar refractivity (Wildman–Crippen MR) is 85.9 cm³/mol. The second kappa shape index (κ2) is 9.04. The fourth-order valence-corrected chi connectivity index (χ4v) is 3.73. The number of nitro groups is 1. The van der Waals surface area contributed by atoms with Gasteiger partial charge in [-0.1, -0.05) is 25.5 Å². The molecule has 1 aromatic carbocycles. The molecule has 0 aliphatic heterocycles. The minimum absolute atomic E-state index is 0.296. The predicted octanol–water partition coefficient (Wildman–Crippen LogP) is 1.02. The number of sulfonamides is 1. The van der Waals surface area contributed by atoms with Gasteiger partial charge in [0.1, 0.15) is 6.10 Å². The third kappa shape index (κ3) is 4.95. The number of nitrogens with zero attached hydrogens (tertiary/aromatic N) is 1. The van der Waals surface area contributed by atoms with E-state index in [9.17, 15) is 23.6 Å². The van der Waals surface area contributed by atoms with Crippen molar-refractivity contribution in [1.82, 2.24) is 4.72 Å². The third-order valence-corrected chi connectivity index (χ3v) is 4.95. The lowest BCUT2D eigenvalue weighted by atomic mass is 10.1. The van der Waals surface area contributed by atoms with Gasteiger partial charge in [-0.15, -0.1) is 0 Å². The van der Waals surface area contributed by atoms with Crippen LogP contribution in [0.5, 0.6) is 0 Å². The first-order valence-electron chi connectivity index (χ1n) is 7.27. The number of methoxy groups -OCH3 is 2. The molecule has 1 aromatic rings. The van der Waals surface area contributed by atoms with E-state index in [1.54, 1.807) is 0 Å². The zero-order valence-electron chi connectivity index (χ0n) is 13.7. The molecule has 2 N–H and O–H groups in total. The summed E-state index contributed by atoms with van der Waals surface area (Å²) in [6.07, 6.45) is -1.45. The van der Waals surface area contributed by atoms with Gasteiger partial charge in [0, 0.05) is 20.3 Å². The zero-order valence-corrected chi connectivity index (χ0v) is 14.5. The summed E-state index contributed by atoms with van der Waals surface area (Å²) in [5.41, 5.74) is -0.537. The van der Waals surface area contributed by atoms with E-state index in [2.05, 4.69) is 4.72 Å². The quantitative estimate of drug-likeness (QED) is 0.361. The summed E-state index contributed by atoms with van der Waals surface area (Å²) in [6.45, 7) is 1.81. The second-order valence-electron chi connectivity index (χ2n) is 5.07. The van der Waals surface area contributed by atoms with E-state index in [1.807, 2.05) is 6.92 Å². The largest absolute Gasteiger partial charge is 0.386 e. The van der Waals surface area contributed by atoms with E-state index < -0.39 is 44.0 Å². The number of hydrogen-bond donors (Lipinski definition) is 2. The van der Waals surface area contributed by atoms with Crippen LogP contribution in [-0.4, -0.2) is 51.1 Å². The number of hydrogen-bond acceptors (Lipinski definition) is 7. The third-order valence-electron chi connectivity index (χ3n) is 3.41. The Kier molecular flexibility index (Phi) is 7.70. The maximum absolute atomic E-state index is 12.5. The number of aliphatic hydroxyl groups excluding tert-OH is 1. The van der Waals surface area contributed by atoms with Crippen molar-refractivity contribution < 1.29 is 27.9 Å². The Morgan fingerprint density at radius 1 is 1.29 bits per heavy atom. The minimum Gasteiger partial charge on any atom is -0.386 e. The Morgan fingerprint density at radius 3 is 2.38 bits per heavy atom. The van der Waals surface area contributed by atoms with E-state index >= 15 is 0 Å². The van der Waals surface area contributed by atoms with Gasteiger partial charge >= 0.3 is 0 Å². The van der Waals surface area contributed by atoms with Crippen LogP contribution in [0.3, 0.4) is 0 Å². The fourth-order valence-electron chi connectivity index (χ4n) is 2.27. The van der Waals surface area contributed by atoms with Crippen LogP contribution in [0.2, 0.25) is 0 Å².